The molecule has 5 nitrogen and oxygen atoms in total. The van der Waals surface area contributed by atoms with Gasteiger partial charge in [-0.1, -0.05) is 12.1 Å². The van der Waals surface area contributed by atoms with Gasteiger partial charge in [0, 0.05) is 18.7 Å². The number of rotatable bonds is 6. The van der Waals surface area contributed by atoms with Crippen molar-refractivity contribution in [2.24, 2.45) is 0 Å². The van der Waals surface area contributed by atoms with E-state index in [1.54, 1.807) is 23.5 Å². The zero-order valence-electron chi connectivity index (χ0n) is 11.3. The van der Waals surface area contributed by atoms with Crippen LogP contribution in [0, 0.1) is 0 Å². The van der Waals surface area contributed by atoms with Crippen molar-refractivity contribution in [2.45, 2.75) is 19.4 Å². The molecule has 1 heterocycles. The van der Waals surface area contributed by atoms with Crippen LogP contribution in [0.4, 0.5) is 10.5 Å². The summed E-state index contributed by atoms with van der Waals surface area (Å²) in [5, 5.41) is 18.1. The van der Waals surface area contributed by atoms with E-state index < -0.39 is 5.97 Å². The lowest BCUT2D eigenvalue weighted by molar-refractivity contribution is -0.136. The zero-order chi connectivity index (χ0) is 15.1. The van der Waals surface area contributed by atoms with E-state index in [4.69, 9.17) is 5.11 Å². The molecule has 0 aliphatic heterocycles. The van der Waals surface area contributed by atoms with Crippen LogP contribution in [0.5, 0.6) is 0 Å². The molecular formula is C15H16N2O3S. The second-order valence-electron chi connectivity index (χ2n) is 4.53. The van der Waals surface area contributed by atoms with Crippen LogP contribution in [0.2, 0.25) is 0 Å². The Bertz CT molecular complexity index is 594. The van der Waals surface area contributed by atoms with Crippen LogP contribution in [0.25, 0.3) is 0 Å². The summed E-state index contributed by atoms with van der Waals surface area (Å²) in [6, 6.07) is 8.86. The SMILES string of the molecule is O=C(O)CCc1ccc(NC(=O)NCc2ccsc2)cc1. The van der Waals surface area contributed by atoms with Crippen LogP contribution in [0.15, 0.2) is 41.1 Å². The van der Waals surface area contributed by atoms with Crippen molar-refractivity contribution < 1.29 is 14.7 Å². The van der Waals surface area contributed by atoms with Crippen LogP contribution < -0.4 is 10.6 Å². The minimum absolute atomic E-state index is 0.105. The van der Waals surface area contributed by atoms with Crippen LogP contribution >= 0.6 is 11.3 Å². The maximum absolute atomic E-state index is 11.7. The second-order valence-corrected chi connectivity index (χ2v) is 5.31. The molecule has 0 saturated carbocycles. The highest BCUT2D eigenvalue weighted by Crippen LogP contribution is 2.11. The van der Waals surface area contributed by atoms with Crippen molar-refractivity contribution in [3.05, 3.63) is 52.2 Å². The molecule has 0 unspecified atom stereocenters. The van der Waals surface area contributed by atoms with Crippen LogP contribution in [-0.4, -0.2) is 17.1 Å². The Hall–Kier alpha value is -2.34. The van der Waals surface area contributed by atoms with Gasteiger partial charge in [0.1, 0.15) is 0 Å². The number of carbonyl (C=O) groups is 2. The predicted octanol–water partition coefficient (Wildman–Crippen LogP) is 3.09. The number of carboxylic acids is 1. The van der Waals surface area contributed by atoms with E-state index in [0.717, 1.165) is 11.1 Å². The molecule has 0 aliphatic carbocycles. The first kappa shape index (κ1) is 15.1. The second kappa shape index (κ2) is 7.44. The summed E-state index contributed by atoms with van der Waals surface area (Å²) in [6.07, 6.45) is 0.591. The van der Waals surface area contributed by atoms with Crippen molar-refractivity contribution in [3.8, 4) is 0 Å². The Morgan fingerprint density at radius 3 is 2.48 bits per heavy atom. The molecule has 0 radical (unpaired) electrons. The van der Waals surface area contributed by atoms with Gasteiger partial charge in [-0.05, 0) is 46.5 Å². The predicted molar refractivity (Wildman–Crippen MR) is 82.6 cm³/mol. The molecule has 2 amide bonds. The van der Waals surface area contributed by atoms with Gasteiger partial charge in [0.05, 0.1) is 0 Å². The van der Waals surface area contributed by atoms with Gasteiger partial charge in [0.25, 0.3) is 0 Å². The Morgan fingerprint density at radius 1 is 1.10 bits per heavy atom. The summed E-state index contributed by atoms with van der Waals surface area (Å²) in [5.74, 6) is -0.815. The number of benzene rings is 1. The van der Waals surface area contributed by atoms with Crippen molar-refractivity contribution in [3.63, 3.8) is 0 Å². The highest BCUT2D eigenvalue weighted by molar-refractivity contribution is 7.07. The quantitative estimate of drug-likeness (QED) is 0.767. The van der Waals surface area contributed by atoms with Gasteiger partial charge in [-0.25, -0.2) is 4.79 Å². The number of amides is 2. The number of nitrogens with one attached hydrogen (secondary N) is 2. The summed E-state index contributed by atoms with van der Waals surface area (Å²) in [7, 11) is 0. The van der Waals surface area contributed by atoms with Crippen LogP contribution in [-0.2, 0) is 17.8 Å². The third-order valence-corrected chi connectivity index (χ3v) is 3.60. The van der Waals surface area contributed by atoms with Crippen LogP contribution in [0.1, 0.15) is 17.5 Å². The molecule has 2 aromatic rings. The molecule has 21 heavy (non-hydrogen) atoms. The molecule has 0 bridgehead atoms. The molecule has 6 heteroatoms. The largest absolute Gasteiger partial charge is 0.481 e. The minimum atomic E-state index is -0.815. The Balaban J connectivity index is 1.79. The molecule has 0 saturated heterocycles. The molecule has 1 aromatic heterocycles. The van der Waals surface area contributed by atoms with E-state index in [2.05, 4.69) is 10.6 Å². The van der Waals surface area contributed by atoms with Gasteiger partial charge in [0.2, 0.25) is 0 Å². The fourth-order valence-corrected chi connectivity index (χ4v) is 2.43. The van der Waals surface area contributed by atoms with Crippen molar-refractivity contribution in [1.29, 1.82) is 0 Å². The van der Waals surface area contributed by atoms with E-state index in [1.165, 1.54) is 0 Å². The first-order chi connectivity index (χ1) is 10.1. The molecule has 1 aromatic carbocycles. The molecule has 0 atom stereocenters. The van der Waals surface area contributed by atoms with Crippen molar-refractivity contribution in [1.82, 2.24) is 5.32 Å². The first-order valence-corrected chi connectivity index (χ1v) is 7.44. The lowest BCUT2D eigenvalue weighted by Gasteiger charge is -2.07. The van der Waals surface area contributed by atoms with E-state index in [-0.39, 0.29) is 12.5 Å². The zero-order valence-corrected chi connectivity index (χ0v) is 12.2. The fraction of sp³-hybridized carbons (Fsp3) is 0.200. The molecule has 2 rings (SSSR count). The van der Waals surface area contributed by atoms with Gasteiger partial charge in [-0.2, -0.15) is 11.3 Å². The summed E-state index contributed by atoms with van der Waals surface area (Å²) < 4.78 is 0. The maximum Gasteiger partial charge on any atom is 0.319 e. The fourth-order valence-electron chi connectivity index (χ4n) is 1.76. The van der Waals surface area contributed by atoms with Gasteiger partial charge in [0.15, 0.2) is 0 Å². The molecular weight excluding hydrogens is 288 g/mol. The number of aryl methyl sites for hydroxylation is 1. The third kappa shape index (κ3) is 5.27. The Kier molecular flexibility index (Phi) is 5.34. The van der Waals surface area contributed by atoms with Crippen molar-refractivity contribution >= 4 is 29.0 Å². The average Bonchev–Trinajstić information content (AvgIpc) is 2.98. The number of carbonyl (C=O) groups excluding carboxylic acids is 1. The normalized spacial score (nSPS) is 10.1. The van der Waals surface area contributed by atoms with Gasteiger partial charge in [-0.15, -0.1) is 0 Å². The van der Waals surface area contributed by atoms with Crippen LogP contribution in [0.3, 0.4) is 0 Å². The average molecular weight is 304 g/mol. The number of aliphatic carboxylic acids is 1. The maximum atomic E-state index is 11.7. The number of carboxylic acid groups (broad SMARTS) is 1. The third-order valence-electron chi connectivity index (χ3n) is 2.87. The summed E-state index contributed by atoms with van der Waals surface area (Å²) >= 11 is 1.59. The molecule has 0 fully saturated rings. The van der Waals surface area contributed by atoms with Gasteiger partial charge in [-0.3, -0.25) is 4.79 Å². The number of urea groups is 1. The minimum Gasteiger partial charge on any atom is -0.481 e. The number of anilines is 1. The molecule has 0 aliphatic rings. The summed E-state index contributed by atoms with van der Waals surface area (Å²) in [4.78, 5) is 22.2. The number of thiophene rings is 1. The van der Waals surface area contributed by atoms with E-state index >= 15 is 0 Å². The van der Waals surface area contributed by atoms with Crippen molar-refractivity contribution in [2.75, 3.05) is 5.32 Å². The topological polar surface area (TPSA) is 78.4 Å². The smallest absolute Gasteiger partial charge is 0.319 e. The summed E-state index contributed by atoms with van der Waals surface area (Å²) in [5.41, 5.74) is 2.68. The standard InChI is InChI=1S/C15H16N2O3S/c18-14(19)6-3-11-1-4-13(5-2-11)17-15(20)16-9-12-7-8-21-10-12/h1-2,4-5,7-8,10H,3,6,9H2,(H,18,19)(H2,16,17,20). The number of hydrogen-bond donors (Lipinski definition) is 3. The molecule has 0 spiro atoms. The monoisotopic (exact) mass is 304 g/mol. The summed E-state index contributed by atoms with van der Waals surface area (Å²) in [6.45, 7) is 0.492. The highest BCUT2D eigenvalue weighted by Gasteiger charge is 2.03. The van der Waals surface area contributed by atoms with E-state index in [9.17, 15) is 9.59 Å². The number of hydrogen-bond acceptors (Lipinski definition) is 3. The lowest BCUT2D eigenvalue weighted by atomic mass is 10.1. The van der Waals surface area contributed by atoms with Gasteiger partial charge >= 0.3 is 12.0 Å². The molecule has 3 N–H and O–H groups in total. The molecule has 110 valence electrons. The highest BCUT2D eigenvalue weighted by atomic mass is 32.1. The van der Waals surface area contributed by atoms with E-state index in [0.29, 0.717) is 18.7 Å². The Morgan fingerprint density at radius 2 is 1.86 bits per heavy atom. The first-order valence-electron chi connectivity index (χ1n) is 6.50. The Labute approximate surface area is 126 Å². The van der Waals surface area contributed by atoms with Gasteiger partial charge < -0.3 is 15.7 Å². The van der Waals surface area contributed by atoms with E-state index in [1.807, 2.05) is 29.0 Å². The lowest BCUT2D eigenvalue weighted by Crippen LogP contribution is -2.27.